The summed E-state index contributed by atoms with van der Waals surface area (Å²) in [6.07, 6.45) is 0. The summed E-state index contributed by atoms with van der Waals surface area (Å²) in [5.74, 6) is 0. The minimum atomic E-state index is 0.819. The summed E-state index contributed by atoms with van der Waals surface area (Å²) in [5, 5.41) is 7.00. The normalized spacial score (nSPS) is 6.00. The lowest BCUT2D eigenvalue weighted by atomic mass is 10.9. The molecule has 0 fully saturated rings. The smallest absolute Gasteiger partial charge is 0.0433 e. The monoisotopic (exact) mass is 92.1 g/mol. The highest BCUT2D eigenvalue weighted by Crippen LogP contribution is 1.52. The van der Waals surface area contributed by atoms with Crippen LogP contribution in [0.3, 0.4) is 0 Å². The largest absolute Gasteiger partial charge is 0.400 e. The van der Waals surface area contributed by atoms with Crippen LogP contribution in [0.15, 0.2) is 0 Å². The van der Waals surface area contributed by atoms with Crippen molar-refractivity contribution in [3.05, 3.63) is 0 Å². The van der Waals surface area contributed by atoms with Gasteiger partial charge in [-0.3, -0.25) is 0 Å². The number of rotatable bonds is 1. The van der Waals surface area contributed by atoms with Gasteiger partial charge in [0.1, 0.15) is 0 Å². The van der Waals surface area contributed by atoms with E-state index in [0.29, 0.717) is 0 Å². The Bertz CT molecular complexity index is 7.51. The van der Waals surface area contributed by atoms with Crippen LogP contribution >= 0.6 is 0 Å². The van der Waals surface area contributed by atoms with Crippen molar-refractivity contribution in [3.8, 4) is 0 Å². The van der Waals surface area contributed by atoms with Crippen molar-refractivity contribution in [2.75, 3.05) is 20.8 Å². The molecule has 0 atom stereocenters. The first-order valence-electron chi connectivity index (χ1n) is 1.85. The van der Waals surface area contributed by atoms with Crippen LogP contribution in [0.2, 0.25) is 0 Å². The van der Waals surface area contributed by atoms with Gasteiger partial charge in [0.05, 0.1) is 0 Å². The maximum atomic E-state index is 7.00. The fraction of sp³-hybridized carbons (Fsp3) is 1.00. The van der Waals surface area contributed by atoms with Crippen molar-refractivity contribution in [2.24, 2.45) is 0 Å². The fourth-order valence-corrected chi connectivity index (χ4v) is 0. The molecule has 2 heteroatoms. The second-order valence-corrected chi connectivity index (χ2v) is 0.577. The molecule has 0 saturated carbocycles. The van der Waals surface area contributed by atoms with E-state index in [1.54, 1.807) is 7.11 Å². The van der Waals surface area contributed by atoms with Crippen LogP contribution in [-0.2, 0) is 4.74 Å². The van der Waals surface area contributed by atoms with Crippen LogP contribution in [0.5, 0.6) is 0 Å². The second kappa shape index (κ2) is 20.5. The van der Waals surface area contributed by atoms with E-state index in [2.05, 4.69) is 4.74 Å². The Kier molecular flexibility index (Phi) is 31.9. The third-order valence-electron chi connectivity index (χ3n) is 0.289. The molecule has 0 radical (unpaired) electrons. The molecule has 0 bridgehead atoms. The van der Waals surface area contributed by atoms with Gasteiger partial charge in [-0.05, 0) is 6.92 Å². The van der Waals surface area contributed by atoms with Crippen LogP contribution in [0.25, 0.3) is 0 Å². The van der Waals surface area contributed by atoms with Crippen LogP contribution in [0.1, 0.15) is 6.92 Å². The Morgan fingerprint density at radius 2 is 1.67 bits per heavy atom. The van der Waals surface area contributed by atoms with Gasteiger partial charge < -0.3 is 9.84 Å². The third kappa shape index (κ3) is 39.5. The Hall–Kier alpha value is -0.0800. The highest BCUT2D eigenvalue weighted by Gasteiger charge is 1.51. The first kappa shape index (κ1) is 9.33. The first-order chi connectivity index (χ1) is 2.91. The minimum Gasteiger partial charge on any atom is -0.400 e. The molecule has 40 valence electrons. The van der Waals surface area contributed by atoms with Crippen molar-refractivity contribution in [2.45, 2.75) is 6.92 Å². The van der Waals surface area contributed by atoms with Crippen molar-refractivity contribution in [3.63, 3.8) is 0 Å². The van der Waals surface area contributed by atoms with Gasteiger partial charge in [0.15, 0.2) is 0 Å². The lowest BCUT2D eigenvalue weighted by Gasteiger charge is -1.76. The van der Waals surface area contributed by atoms with Crippen molar-refractivity contribution in [1.29, 1.82) is 0 Å². The Balaban J connectivity index is 0. The summed E-state index contributed by atoms with van der Waals surface area (Å²) in [7, 11) is 2.68. The summed E-state index contributed by atoms with van der Waals surface area (Å²) in [4.78, 5) is 0. The van der Waals surface area contributed by atoms with Gasteiger partial charge in [-0.2, -0.15) is 0 Å². The third-order valence-corrected chi connectivity index (χ3v) is 0.289. The average molecular weight is 92.1 g/mol. The molecule has 0 saturated heterocycles. The minimum absolute atomic E-state index is 0.819. The standard InChI is InChI=1S/C3H8O.CH4O/c1-3-4-2;1-2/h3H2,1-2H3;2H,1H3. The predicted octanol–water partition coefficient (Wildman–Crippen LogP) is 0.261. The molecule has 0 aliphatic rings. The van der Waals surface area contributed by atoms with E-state index in [1.807, 2.05) is 6.92 Å². The zero-order valence-corrected chi connectivity index (χ0v) is 4.56. The molecule has 2 nitrogen and oxygen atoms in total. The molecule has 0 aromatic rings. The molecule has 6 heavy (non-hydrogen) atoms. The van der Waals surface area contributed by atoms with E-state index in [1.165, 1.54) is 0 Å². The summed E-state index contributed by atoms with van der Waals surface area (Å²) in [6.45, 7) is 2.78. The number of hydrogen-bond acceptors (Lipinski definition) is 2. The van der Waals surface area contributed by atoms with Crippen LogP contribution < -0.4 is 0 Å². The zero-order valence-electron chi connectivity index (χ0n) is 4.56. The molecular formula is C4H12O2. The van der Waals surface area contributed by atoms with Crippen molar-refractivity contribution < 1.29 is 9.84 Å². The lowest BCUT2D eigenvalue weighted by Crippen LogP contribution is -1.73. The molecular weight excluding hydrogens is 80.0 g/mol. The van der Waals surface area contributed by atoms with E-state index in [9.17, 15) is 0 Å². The van der Waals surface area contributed by atoms with Gasteiger partial charge in [0, 0.05) is 20.8 Å². The molecule has 0 aliphatic carbocycles. The second-order valence-electron chi connectivity index (χ2n) is 0.577. The molecule has 0 aromatic heterocycles. The summed E-state index contributed by atoms with van der Waals surface area (Å²) in [5.41, 5.74) is 0. The Morgan fingerprint density at radius 3 is 1.67 bits per heavy atom. The van der Waals surface area contributed by atoms with Crippen molar-refractivity contribution in [1.82, 2.24) is 0 Å². The molecule has 0 aliphatic heterocycles. The van der Waals surface area contributed by atoms with Crippen LogP contribution in [0, 0.1) is 0 Å². The van der Waals surface area contributed by atoms with E-state index >= 15 is 0 Å². The topological polar surface area (TPSA) is 29.5 Å². The Morgan fingerprint density at radius 1 is 1.50 bits per heavy atom. The number of methoxy groups -OCH3 is 1. The summed E-state index contributed by atoms with van der Waals surface area (Å²) >= 11 is 0. The number of aliphatic hydroxyl groups is 1. The van der Waals surface area contributed by atoms with Gasteiger partial charge in [-0.1, -0.05) is 0 Å². The molecule has 1 N–H and O–H groups in total. The quantitative estimate of drug-likeness (QED) is 0.502. The predicted molar refractivity (Wildman–Crippen MR) is 25.7 cm³/mol. The molecule has 0 aromatic carbocycles. The first-order valence-corrected chi connectivity index (χ1v) is 1.85. The summed E-state index contributed by atoms with van der Waals surface area (Å²) < 4.78 is 4.54. The molecule has 0 amide bonds. The maximum absolute atomic E-state index is 7.00. The van der Waals surface area contributed by atoms with E-state index < -0.39 is 0 Å². The highest BCUT2D eigenvalue weighted by atomic mass is 16.5. The molecule has 0 unspecified atom stereocenters. The van der Waals surface area contributed by atoms with Crippen molar-refractivity contribution >= 4 is 0 Å². The van der Waals surface area contributed by atoms with Gasteiger partial charge in [0.25, 0.3) is 0 Å². The maximum Gasteiger partial charge on any atom is 0.0433 e. The van der Waals surface area contributed by atoms with E-state index in [-0.39, 0.29) is 0 Å². The fourth-order valence-electron chi connectivity index (χ4n) is 0. The number of hydrogen-bond donors (Lipinski definition) is 1. The highest BCUT2D eigenvalue weighted by molar-refractivity contribution is 3.94. The summed E-state index contributed by atoms with van der Waals surface area (Å²) in [6, 6.07) is 0. The molecule has 0 rings (SSSR count). The van der Waals surface area contributed by atoms with Gasteiger partial charge in [-0.15, -0.1) is 0 Å². The average Bonchev–Trinajstić information content (AvgIpc) is 1.72. The van der Waals surface area contributed by atoms with Crippen LogP contribution in [0.4, 0.5) is 0 Å². The van der Waals surface area contributed by atoms with E-state index in [4.69, 9.17) is 5.11 Å². The van der Waals surface area contributed by atoms with E-state index in [0.717, 1.165) is 13.7 Å². The SMILES string of the molecule is CCOC.CO. The van der Waals surface area contributed by atoms with Gasteiger partial charge in [0.2, 0.25) is 0 Å². The van der Waals surface area contributed by atoms with Gasteiger partial charge in [-0.25, -0.2) is 0 Å². The number of aliphatic hydroxyl groups excluding tert-OH is 1. The zero-order chi connectivity index (χ0) is 5.41. The molecule has 0 spiro atoms. The number of ether oxygens (including phenoxy) is 1. The lowest BCUT2D eigenvalue weighted by molar-refractivity contribution is 0.215. The Labute approximate surface area is 38.7 Å². The van der Waals surface area contributed by atoms with Gasteiger partial charge >= 0.3 is 0 Å². The van der Waals surface area contributed by atoms with Crippen LogP contribution in [-0.4, -0.2) is 25.9 Å². The molecule has 0 heterocycles.